The Labute approximate surface area is 229 Å². The van der Waals surface area contributed by atoms with Gasteiger partial charge in [0.15, 0.2) is 0 Å². The fourth-order valence-corrected chi connectivity index (χ4v) is 5.15. The number of esters is 1. The second-order valence-corrected chi connectivity index (χ2v) is 10.9. The van der Waals surface area contributed by atoms with Crippen molar-refractivity contribution >= 4 is 35.3 Å². The molecule has 2 N–H and O–H groups in total. The van der Waals surface area contributed by atoms with E-state index in [0.717, 1.165) is 10.6 Å². The van der Waals surface area contributed by atoms with Crippen LogP contribution in [0.1, 0.15) is 46.5 Å². The van der Waals surface area contributed by atoms with Gasteiger partial charge in [0.05, 0.1) is 17.0 Å². The summed E-state index contributed by atoms with van der Waals surface area (Å²) in [5, 5.41) is 1.80. The van der Waals surface area contributed by atoms with E-state index in [2.05, 4.69) is 9.97 Å². The minimum Gasteiger partial charge on any atom is -0.443 e. The zero-order valence-electron chi connectivity index (χ0n) is 21.9. The molecule has 200 valence electrons. The zero-order valence-corrected chi connectivity index (χ0v) is 22.7. The van der Waals surface area contributed by atoms with Crippen LogP contribution in [0.4, 0.5) is 10.7 Å². The maximum absolute atomic E-state index is 13.9. The lowest BCUT2D eigenvalue weighted by Crippen LogP contribution is -2.44. The van der Waals surface area contributed by atoms with Crippen LogP contribution in [0.25, 0.3) is 22.5 Å². The summed E-state index contributed by atoms with van der Waals surface area (Å²) in [6.45, 7) is 5.42. The SMILES string of the molecule is Cn1c2c(c(-c3cccc(OC(=O)c4cccs4)c3)c1-c1ccnc(N)n1)C(=O)N(C(=O)OC(C)(C)C)CC2. The van der Waals surface area contributed by atoms with E-state index in [4.69, 9.17) is 15.2 Å². The van der Waals surface area contributed by atoms with Crippen LogP contribution in [0.15, 0.2) is 54.0 Å². The average Bonchev–Trinajstić information content (AvgIpc) is 3.51. The highest BCUT2D eigenvalue weighted by Crippen LogP contribution is 2.41. The fraction of sp³-hybridized carbons (Fsp3) is 0.250. The van der Waals surface area contributed by atoms with Gasteiger partial charge in [0.1, 0.15) is 16.2 Å². The van der Waals surface area contributed by atoms with Gasteiger partial charge in [-0.2, -0.15) is 0 Å². The van der Waals surface area contributed by atoms with E-state index < -0.39 is 23.6 Å². The van der Waals surface area contributed by atoms with E-state index in [1.165, 1.54) is 11.3 Å². The van der Waals surface area contributed by atoms with Crippen molar-refractivity contribution in [2.45, 2.75) is 32.8 Å². The smallest absolute Gasteiger partial charge is 0.417 e. The Morgan fingerprint density at radius 2 is 1.90 bits per heavy atom. The number of ether oxygens (including phenoxy) is 2. The van der Waals surface area contributed by atoms with E-state index in [9.17, 15) is 14.4 Å². The van der Waals surface area contributed by atoms with Crippen LogP contribution in [-0.2, 0) is 18.2 Å². The van der Waals surface area contributed by atoms with E-state index in [1.807, 2.05) is 17.7 Å². The molecule has 0 atom stereocenters. The Balaban J connectivity index is 1.65. The molecule has 39 heavy (non-hydrogen) atoms. The van der Waals surface area contributed by atoms with Crippen LogP contribution < -0.4 is 10.5 Å². The number of thiophene rings is 1. The number of nitrogen functional groups attached to an aromatic ring is 1. The zero-order chi connectivity index (χ0) is 27.9. The molecular weight excluding hydrogens is 518 g/mol. The molecule has 1 aromatic carbocycles. The number of anilines is 1. The number of rotatable bonds is 4. The van der Waals surface area contributed by atoms with Crippen molar-refractivity contribution < 1.29 is 23.9 Å². The molecule has 0 spiro atoms. The number of aromatic nitrogens is 3. The summed E-state index contributed by atoms with van der Waals surface area (Å²) >= 11 is 1.28. The average molecular weight is 546 g/mol. The van der Waals surface area contributed by atoms with Crippen LogP contribution in [0.5, 0.6) is 5.75 Å². The molecule has 5 rings (SSSR count). The minimum atomic E-state index is -0.762. The summed E-state index contributed by atoms with van der Waals surface area (Å²) in [7, 11) is 1.84. The maximum atomic E-state index is 13.9. The van der Waals surface area contributed by atoms with Gasteiger partial charge in [-0.15, -0.1) is 11.3 Å². The highest BCUT2D eigenvalue weighted by molar-refractivity contribution is 7.12. The van der Waals surface area contributed by atoms with E-state index in [0.29, 0.717) is 45.1 Å². The molecule has 4 heterocycles. The van der Waals surface area contributed by atoms with Crippen molar-refractivity contribution in [1.29, 1.82) is 0 Å². The predicted molar refractivity (Wildman–Crippen MR) is 147 cm³/mol. The monoisotopic (exact) mass is 545 g/mol. The normalized spacial score (nSPS) is 13.2. The van der Waals surface area contributed by atoms with Gasteiger partial charge in [-0.25, -0.2) is 24.5 Å². The maximum Gasteiger partial charge on any atom is 0.417 e. The number of carbonyl (C=O) groups is 3. The second-order valence-electron chi connectivity index (χ2n) is 9.99. The Morgan fingerprint density at radius 3 is 2.59 bits per heavy atom. The van der Waals surface area contributed by atoms with Gasteiger partial charge in [0.2, 0.25) is 5.95 Å². The van der Waals surface area contributed by atoms with Crippen LogP contribution >= 0.6 is 11.3 Å². The number of benzene rings is 1. The molecule has 1 aliphatic heterocycles. The Kier molecular flexibility index (Phi) is 6.69. The third-order valence-electron chi connectivity index (χ3n) is 6.13. The third kappa shape index (κ3) is 5.13. The molecule has 0 saturated heterocycles. The molecule has 10 nitrogen and oxygen atoms in total. The van der Waals surface area contributed by atoms with E-state index >= 15 is 0 Å². The Bertz CT molecular complexity index is 1590. The number of imide groups is 1. The van der Waals surface area contributed by atoms with Crippen LogP contribution in [0, 0.1) is 0 Å². The van der Waals surface area contributed by atoms with E-state index in [-0.39, 0.29) is 12.5 Å². The molecule has 0 bridgehead atoms. The summed E-state index contributed by atoms with van der Waals surface area (Å²) in [5.74, 6) is -0.569. The van der Waals surface area contributed by atoms with Gasteiger partial charge in [-0.1, -0.05) is 18.2 Å². The largest absolute Gasteiger partial charge is 0.443 e. The Hall–Kier alpha value is -4.51. The standard InChI is InChI=1S/C28H27N5O5S/c1-28(2,3)38-27(36)33-13-11-19-22(24(33)34)21(23(32(19)4)18-10-12-30-26(29)31-18)16-7-5-8-17(15-16)37-25(35)20-9-6-14-39-20/h5-10,12,14-15H,11,13H2,1-4H3,(H2,29,30,31). The topological polar surface area (TPSA) is 130 Å². The quantitative estimate of drug-likeness (QED) is 0.282. The summed E-state index contributed by atoms with van der Waals surface area (Å²) in [5.41, 5.74) is 8.51. The fourth-order valence-electron chi connectivity index (χ4n) is 4.56. The van der Waals surface area contributed by atoms with Gasteiger partial charge in [0.25, 0.3) is 5.91 Å². The first-order chi connectivity index (χ1) is 18.5. The highest BCUT2D eigenvalue weighted by atomic mass is 32.1. The highest BCUT2D eigenvalue weighted by Gasteiger charge is 2.38. The number of nitrogens with zero attached hydrogens (tertiary/aromatic N) is 4. The number of amides is 2. The number of fused-ring (bicyclic) bond motifs is 1. The summed E-state index contributed by atoms with van der Waals surface area (Å²) in [6, 6.07) is 12.1. The third-order valence-corrected chi connectivity index (χ3v) is 6.98. The molecule has 11 heteroatoms. The number of hydrogen-bond acceptors (Lipinski definition) is 9. The van der Waals surface area contributed by atoms with Gasteiger partial charge in [-0.3, -0.25) is 4.79 Å². The molecule has 0 fully saturated rings. The summed E-state index contributed by atoms with van der Waals surface area (Å²) in [6.07, 6.45) is 1.25. The van der Waals surface area contributed by atoms with Crippen LogP contribution in [0.3, 0.4) is 0 Å². The van der Waals surface area contributed by atoms with Crippen LogP contribution in [0.2, 0.25) is 0 Å². The van der Waals surface area contributed by atoms with Gasteiger partial charge in [-0.05, 0) is 56.0 Å². The second kappa shape index (κ2) is 9.99. The summed E-state index contributed by atoms with van der Waals surface area (Å²) < 4.78 is 13.0. The van der Waals surface area contributed by atoms with Crippen molar-refractivity contribution in [3.63, 3.8) is 0 Å². The number of hydrogen-bond donors (Lipinski definition) is 1. The molecule has 3 aromatic heterocycles. The van der Waals surface area contributed by atoms with Gasteiger partial charge < -0.3 is 19.8 Å². The van der Waals surface area contributed by atoms with Crippen molar-refractivity contribution in [3.8, 4) is 28.3 Å². The molecular formula is C28H27N5O5S. The Morgan fingerprint density at radius 1 is 1.10 bits per heavy atom. The first kappa shape index (κ1) is 26.1. The lowest BCUT2D eigenvalue weighted by Gasteiger charge is -2.29. The van der Waals surface area contributed by atoms with Crippen molar-refractivity contribution in [2.75, 3.05) is 12.3 Å². The molecule has 0 saturated carbocycles. The van der Waals surface area contributed by atoms with Gasteiger partial charge in [0, 0.05) is 37.5 Å². The minimum absolute atomic E-state index is 0.0814. The van der Waals surface area contributed by atoms with Crippen molar-refractivity contribution in [3.05, 3.63) is 70.2 Å². The lowest BCUT2D eigenvalue weighted by atomic mass is 9.95. The van der Waals surface area contributed by atoms with Crippen molar-refractivity contribution in [2.24, 2.45) is 7.05 Å². The molecule has 1 aliphatic rings. The number of carbonyl (C=O) groups excluding carboxylic acids is 3. The first-order valence-electron chi connectivity index (χ1n) is 12.2. The molecule has 0 radical (unpaired) electrons. The predicted octanol–water partition coefficient (Wildman–Crippen LogP) is 4.95. The van der Waals surface area contributed by atoms with E-state index in [1.54, 1.807) is 68.7 Å². The van der Waals surface area contributed by atoms with Crippen LogP contribution in [-0.4, -0.2) is 49.6 Å². The molecule has 0 aliphatic carbocycles. The van der Waals surface area contributed by atoms with Gasteiger partial charge >= 0.3 is 12.1 Å². The summed E-state index contributed by atoms with van der Waals surface area (Å²) in [4.78, 5) is 49.5. The number of nitrogens with two attached hydrogens (primary N) is 1. The molecule has 2 amide bonds. The lowest BCUT2D eigenvalue weighted by molar-refractivity contribution is 0.0232. The van der Waals surface area contributed by atoms with Crippen molar-refractivity contribution in [1.82, 2.24) is 19.4 Å². The molecule has 4 aromatic rings. The first-order valence-corrected chi connectivity index (χ1v) is 13.1. The molecule has 0 unspecified atom stereocenters.